The van der Waals surface area contributed by atoms with Gasteiger partial charge in [0, 0.05) is 0 Å². The molecule has 0 bridgehead atoms. The minimum absolute atomic E-state index is 0.162. The summed E-state index contributed by atoms with van der Waals surface area (Å²) in [5.41, 5.74) is 0. The Morgan fingerprint density at radius 1 is 1.38 bits per heavy atom. The summed E-state index contributed by atoms with van der Waals surface area (Å²) in [4.78, 5) is 0. The summed E-state index contributed by atoms with van der Waals surface area (Å²) >= 11 is 1.86. The van der Waals surface area contributed by atoms with Crippen LogP contribution in [0.25, 0.3) is 0 Å². The molecular formula is C6H4FLi. The van der Waals surface area contributed by atoms with Crippen LogP contribution in [0, 0.1) is 5.82 Å². The Labute approximate surface area is 56.9 Å². The second kappa shape index (κ2) is 2.35. The first kappa shape index (κ1) is 5.88. The third-order valence-corrected chi connectivity index (χ3v) is 0.980. The van der Waals surface area contributed by atoms with E-state index in [-0.39, 0.29) is 5.82 Å². The van der Waals surface area contributed by atoms with E-state index in [0.29, 0.717) is 0 Å². The van der Waals surface area contributed by atoms with E-state index in [1.165, 1.54) is 12.1 Å². The molecular weight excluding hydrogens is 98.0 g/mol. The van der Waals surface area contributed by atoms with Crippen molar-refractivity contribution >= 4 is 22.0 Å². The van der Waals surface area contributed by atoms with Crippen LogP contribution in [-0.2, 0) is 0 Å². The molecule has 0 spiro atoms. The second-order valence-corrected chi connectivity index (χ2v) is 1.80. The molecule has 0 aromatic heterocycles. The van der Waals surface area contributed by atoms with E-state index in [1.807, 2.05) is 23.8 Å². The predicted octanol–water partition coefficient (Wildman–Crippen LogP) is 0.620. The van der Waals surface area contributed by atoms with Crippen LogP contribution in [-0.4, -0.2) is 17.7 Å². The van der Waals surface area contributed by atoms with Gasteiger partial charge in [-0.05, 0) is 0 Å². The van der Waals surface area contributed by atoms with Crippen molar-refractivity contribution in [3.63, 3.8) is 0 Å². The predicted molar refractivity (Wildman–Crippen MR) is 31.8 cm³/mol. The molecule has 0 saturated heterocycles. The van der Waals surface area contributed by atoms with Gasteiger partial charge >= 0.3 is 56.4 Å². The van der Waals surface area contributed by atoms with Crippen molar-refractivity contribution < 1.29 is 4.39 Å². The third kappa shape index (κ3) is 1.36. The summed E-state index contributed by atoms with van der Waals surface area (Å²) in [6.07, 6.45) is 0. The van der Waals surface area contributed by atoms with Gasteiger partial charge in [0.15, 0.2) is 0 Å². The summed E-state index contributed by atoms with van der Waals surface area (Å²) < 4.78 is 13.1. The zero-order valence-corrected chi connectivity index (χ0v) is 4.69. The first-order valence-corrected chi connectivity index (χ1v) is 2.51. The molecule has 0 amide bonds. The van der Waals surface area contributed by atoms with E-state index in [9.17, 15) is 4.39 Å². The van der Waals surface area contributed by atoms with Crippen molar-refractivity contribution in [3.05, 3.63) is 30.1 Å². The average molecular weight is 102 g/mol. The third-order valence-electron chi connectivity index (χ3n) is 0.980. The van der Waals surface area contributed by atoms with Crippen LogP contribution in [0.1, 0.15) is 0 Å². The van der Waals surface area contributed by atoms with Crippen LogP contribution in [0.5, 0.6) is 0 Å². The van der Waals surface area contributed by atoms with E-state index >= 15 is 0 Å². The summed E-state index contributed by atoms with van der Waals surface area (Å²) in [5.74, 6) is -0.162. The first-order valence-electron chi connectivity index (χ1n) is 2.51. The zero-order chi connectivity index (χ0) is 5.98. The van der Waals surface area contributed by atoms with Gasteiger partial charge in [-0.15, -0.1) is 0 Å². The van der Waals surface area contributed by atoms with Crippen LogP contribution in [0.2, 0.25) is 0 Å². The van der Waals surface area contributed by atoms with Crippen LogP contribution in [0.3, 0.4) is 0 Å². The number of halogens is 1. The van der Waals surface area contributed by atoms with Gasteiger partial charge in [-0.2, -0.15) is 0 Å². The Morgan fingerprint density at radius 3 is 2.50 bits per heavy atom. The quantitative estimate of drug-likeness (QED) is 0.421. The monoisotopic (exact) mass is 102 g/mol. The fourth-order valence-electron chi connectivity index (χ4n) is 0.606. The standard InChI is InChI=1S/C6H4F.Li/c7-6-4-2-1-3-5-6;/h1-2,4-5H;. The van der Waals surface area contributed by atoms with Crippen molar-refractivity contribution in [2.45, 2.75) is 0 Å². The van der Waals surface area contributed by atoms with Crippen molar-refractivity contribution in [3.8, 4) is 0 Å². The Kier molecular flexibility index (Phi) is 1.72. The summed E-state index contributed by atoms with van der Waals surface area (Å²) in [6, 6.07) is 6.50. The first-order chi connectivity index (χ1) is 3.79. The molecule has 0 aliphatic carbocycles. The number of benzene rings is 1. The Balaban J connectivity index is 3.08. The summed E-state index contributed by atoms with van der Waals surface area (Å²) in [6.45, 7) is 0. The van der Waals surface area contributed by atoms with Gasteiger partial charge in [-0.3, -0.25) is 0 Å². The molecule has 0 nitrogen and oxygen atoms in total. The van der Waals surface area contributed by atoms with E-state index in [2.05, 4.69) is 0 Å². The second-order valence-electron chi connectivity index (χ2n) is 1.80. The normalized spacial score (nSPS) is 9.38. The fourth-order valence-corrected chi connectivity index (χ4v) is 0.606. The van der Waals surface area contributed by atoms with Crippen molar-refractivity contribution in [2.24, 2.45) is 0 Å². The minimum atomic E-state index is -0.162. The average Bonchev–Trinajstić information content (AvgIpc) is 1.64. The molecule has 2 heteroatoms. The van der Waals surface area contributed by atoms with E-state index < -0.39 is 0 Å². The van der Waals surface area contributed by atoms with Gasteiger partial charge in [-0.1, -0.05) is 0 Å². The van der Waals surface area contributed by atoms with Crippen molar-refractivity contribution in [1.82, 2.24) is 0 Å². The molecule has 8 heavy (non-hydrogen) atoms. The number of hydrogen-bond acceptors (Lipinski definition) is 0. The van der Waals surface area contributed by atoms with Gasteiger partial charge < -0.3 is 0 Å². The number of hydrogen-bond donors (Lipinski definition) is 0. The molecule has 1 aromatic carbocycles. The van der Waals surface area contributed by atoms with Gasteiger partial charge in [0.2, 0.25) is 0 Å². The topological polar surface area (TPSA) is 0 Å². The van der Waals surface area contributed by atoms with Crippen LogP contribution in [0.15, 0.2) is 24.3 Å². The molecule has 0 aliphatic rings. The molecule has 0 radical (unpaired) electrons. The molecule has 0 heterocycles. The molecule has 0 aliphatic heterocycles. The van der Waals surface area contributed by atoms with Crippen LogP contribution < -0.4 is 4.24 Å². The van der Waals surface area contributed by atoms with E-state index in [4.69, 9.17) is 0 Å². The summed E-state index contributed by atoms with van der Waals surface area (Å²) in [5, 5.41) is 0. The maximum absolute atomic E-state index is 12.2. The molecule has 0 unspecified atom stereocenters. The zero-order valence-electron chi connectivity index (χ0n) is 4.69. The van der Waals surface area contributed by atoms with E-state index in [1.54, 1.807) is 6.07 Å². The van der Waals surface area contributed by atoms with Gasteiger partial charge in [-0.25, -0.2) is 0 Å². The van der Waals surface area contributed by atoms with E-state index in [0.717, 1.165) is 4.24 Å². The molecule has 1 aromatic rings. The molecule has 0 fully saturated rings. The Morgan fingerprint density at radius 2 is 2.12 bits per heavy atom. The van der Waals surface area contributed by atoms with Gasteiger partial charge in [0.1, 0.15) is 0 Å². The molecule has 0 N–H and O–H groups in total. The van der Waals surface area contributed by atoms with Crippen molar-refractivity contribution in [2.75, 3.05) is 0 Å². The van der Waals surface area contributed by atoms with Crippen LogP contribution >= 0.6 is 0 Å². The molecule has 36 valence electrons. The fraction of sp³-hybridized carbons (Fsp3) is 0. The van der Waals surface area contributed by atoms with Gasteiger partial charge in [0.25, 0.3) is 0 Å². The van der Waals surface area contributed by atoms with Crippen molar-refractivity contribution in [1.29, 1.82) is 0 Å². The van der Waals surface area contributed by atoms with Gasteiger partial charge in [0.05, 0.1) is 0 Å². The maximum atomic E-state index is 12.2. The summed E-state index contributed by atoms with van der Waals surface area (Å²) in [7, 11) is 0. The molecule has 0 atom stereocenters. The molecule has 0 saturated carbocycles. The SMILES string of the molecule is [Li][c]1cccc(F)c1. The number of rotatable bonds is 0. The Bertz CT molecular complexity index is 168. The Hall–Kier alpha value is -0.253. The van der Waals surface area contributed by atoms with Crippen LogP contribution in [0.4, 0.5) is 4.39 Å². The molecule has 1 rings (SSSR count).